The predicted molar refractivity (Wildman–Crippen MR) is 83.9 cm³/mol. The van der Waals surface area contributed by atoms with E-state index in [9.17, 15) is 4.79 Å². The lowest BCUT2D eigenvalue weighted by molar-refractivity contribution is 0.0938. The third-order valence-corrected chi connectivity index (χ3v) is 3.65. The summed E-state index contributed by atoms with van der Waals surface area (Å²) in [6.07, 6.45) is 1.40. The topological polar surface area (TPSA) is 88.2 Å². The fraction of sp³-hybridized carbons (Fsp3) is 0.562. The van der Waals surface area contributed by atoms with Crippen molar-refractivity contribution in [1.82, 2.24) is 15.5 Å². The zero-order chi connectivity index (χ0) is 16.3. The van der Waals surface area contributed by atoms with Gasteiger partial charge < -0.3 is 14.9 Å². The highest BCUT2D eigenvalue weighted by molar-refractivity contribution is 6.06. The van der Waals surface area contributed by atoms with Crippen LogP contribution < -0.4 is 5.32 Å². The Morgan fingerprint density at radius 3 is 2.77 bits per heavy atom. The van der Waals surface area contributed by atoms with Gasteiger partial charge in [0.05, 0.1) is 16.6 Å². The second-order valence-electron chi connectivity index (χ2n) is 5.94. The summed E-state index contributed by atoms with van der Waals surface area (Å²) in [6.45, 7) is 7.89. The fourth-order valence-electron chi connectivity index (χ4n) is 2.36. The number of carbonyl (C=O) groups is 1. The van der Waals surface area contributed by atoms with Gasteiger partial charge >= 0.3 is 0 Å². The number of aryl methyl sites for hydroxylation is 1. The molecule has 0 saturated heterocycles. The van der Waals surface area contributed by atoms with Crippen LogP contribution in [0.2, 0.25) is 0 Å². The maximum absolute atomic E-state index is 12.6. The normalized spacial score (nSPS) is 12.8. The molecule has 0 aliphatic rings. The van der Waals surface area contributed by atoms with Crippen molar-refractivity contribution in [2.45, 2.75) is 52.5 Å². The maximum atomic E-state index is 12.6. The molecule has 0 aliphatic heterocycles. The van der Waals surface area contributed by atoms with Crippen molar-refractivity contribution in [1.29, 1.82) is 0 Å². The Morgan fingerprint density at radius 1 is 1.41 bits per heavy atom. The summed E-state index contributed by atoms with van der Waals surface area (Å²) in [4.78, 5) is 17.0. The quantitative estimate of drug-likeness (QED) is 0.856. The lowest BCUT2D eigenvalue weighted by Gasteiger charge is -2.14. The third kappa shape index (κ3) is 3.44. The Morgan fingerprint density at radius 2 is 2.14 bits per heavy atom. The highest BCUT2D eigenvalue weighted by Gasteiger charge is 2.20. The van der Waals surface area contributed by atoms with Crippen molar-refractivity contribution < 1.29 is 14.4 Å². The van der Waals surface area contributed by atoms with Crippen LogP contribution in [0.3, 0.4) is 0 Å². The summed E-state index contributed by atoms with van der Waals surface area (Å²) in [5.41, 5.74) is 2.41. The van der Waals surface area contributed by atoms with Crippen molar-refractivity contribution in [2.24, 2.45) is 0 Å². The Bertz CT molecular complexity index is 664. The summed E-state index contributed by atoms with van der Waals surface area (Å²) < 4.78 is 5.23. The Hall–Kier alpha value is -1.95. The van der Waals surface area contributed by atoms with Crippen LogP contribution in [-0.2, 0) is 0 Å². The van der Waals surface area contributed by atoms with Gasteiger partial charge in [-0.05, 0) is 38.7 Å². The molecule has 0 saturated carbocycles. The van der Waals surface area contributed by atoms with Crippen LogP contribution in [0.5, 0.6) is 0 Å². The molecule has 22 heavy (non-hydrogen) atoms. The largest absolute Gasteiger partial charge is 0.396 e. The van der Waals surface area contributed by atoms with Crippen LogP contribution in [0, 0.1) is 6.92 Å². The Balaban J connectivity index is 2.35. The van der Waals surface area contributed by atoms with Crippen molar-refractivity contribution in [2.75, 3.05) is 6.61 Å². The zero-order valence-corrected chi connectivity index (χ0v) is 13.5. The highest BCUT2D eigenvalue weighted by Crippen LogP contribution is 2.25. The molecule has 1 amide bonds. The van der Waals surface area contributed by atoms with Crippen LogP contribution in [0.25, 0.3) is 11.1 Å². The van der Waals surface area contributed by atoms with Gasteiger partial charge in [-0.15, -0.1) is 0 Å². The molecule has 2 heterocycles. The van der Waals surface area contributed by atoms with Crippen molar-refractivity contribution in [3.05, 3.63) is 23.0 Å². The first kappa shape index (κ1) is 16.4. The van der Waals surface area contributed by atoms with E-state index in [1.54, 1.807) is 6.92 Å². The first-order chi connectivity index (χ1) is 10.4. The molecule has 120 valence electrons. The number of fused-ring (bicyclic) bond motifs is 1. The minimum atomic E-state index is -0.161. The van der Waals surface area contributed by atoms with E-state index in [1.165, 1.54) is 0 Å². The number of hydrogen-bond acceptors (Lipinski definition) is 5. The van der Waals surface area contributed by atoms with Crippen molar-refractivity contribution in [3.63, 3.8) is 0 Å². The molecule has 0 aromatic carbocycles. The monoisotopic (exact) mass is 305 g/mol. The SMILES string of the molecule is Cc1noc2nc(C(C)C)cc(C(=O)NC(C)CCCO)c12. The molecule has 2 rings (SSSR count). The standard InChI is InChI=1S/C16H23N3O3/c1-9(2)13-8-12(14-11(4)19-22-16(14)18-13)15(21)17-10(3)6-5-7-20/h8-10,20H,5-7H2,1-4H3,(H,17,21). The summed E-state index contributed by atoms with van der Waals surface area (Å²) in [5.74, 6) is 0.0270. The molecule has 6 nitrogen and oxygen atoms in total. The van der Waals surface area contributed by atoms with E-state index in [0.717, 1.165) is 12.1 Å². The van der Waals surface area contributed by atoms with Gasteiger partial charge in [-0.3, -0.25) is 4.79 Å². The van der Waals surface area contributed by atoms with Crippen LogP contribution in [0.15, 0.2) is 10.6 Å². The number of aromatic nitrogens is 2. The molecule has 2 aromatic heterocycles. The Labute approximate surface area is 129 Å². The number of nitrogens with zero attached hydrogens (tertiary/aromatic N) is 2. The van der Waals surface area contributed by atoms with Gasteiger partial charge in [0, 0.05) is 18.3 Å². The van der Waals surface area contributed by atoms with E-state index in [2.05, 4.69) is 15.5 Å². The zero-order valence-electron chi connectivity index (χ0n) is 13.5. The number of aliphatic hydroxyl groups excluding tert-OH is 1. The second kappa shape index (κ2) is 6.87. The molecule has 1 atom stereocenters. The van der Waals surface area contributed by atoms with Gasteiger partial charge in [0.1, 0.15) is 0 Å². The average Bonchev–Trinajstić information content (AvgIpc) is 2.85. The molecule has 0 spiro atoms. The number of amides is 1. The molecular weight excluding hydrogens is 282 g/mol. The van der Waals surface area contributed by atoms with E-state index in [0.29, 0.717) is 28.8 Å². The van der Waals surface area contributed by atoms with Crippen LogP contribution in [0.4, 0.5) is 0 Å². The number of carbonyl (C=O) groups excluding carboxylic acids is 1. The first-order valence-corrected chi connectivity index (χ1v) is 7.62. The molecule has 0 bridgehead atoms. The average molecular weight is 305 g/mol. The summed E-state index contributed by atoms with van der Waals surface area (Å²) >= 11 is 0. The molecule has 6 heteroatoms. The number of nitrogens with one attached hydrogen (secondary N) is 1. The summed E-state index contributed by atoms with van der Waals surface area (Å²) in [6, 6.07) is 1.80. The number of pyridine rings is 1. The molecule has 1 unspecified atom stereocenters. The lowest BCUT2D eigenvalue weighted by atomic mass is 10.0. The predicted octanol–water partition coefficient (Wildman–Crippen LogP) is 2.55. The second-order valence-corrected chi connectivity index (χ2v) is 5.94. The third-order valence-electron chi connectivity index (χ3n) is 3.65. The smallest absolute Gasteiger partial charge is 0.259 e. The van der Waals surface area contributed by atoms with Gasteiger partial charge in [-0.2, -0.15) is 0 Å². The highest BCUT2D eigenvalue weighted by atomic mass is 16.5. The number of rotatable bonds is 6. The van der Waals surface area contributed by atoms with Gasteiger partial charge in [0.25, 0.3) is 11.6 Å². The first-order valence-electron chi connectivity index (χ1n) is 7.62. The van der Waals surface area contributed by atoms with Crippen molar-refractivity contribution >= 4 is 17.0 Å². The van der Waals surface area contributed by atoms with Gasteiger partial charge in [-0.1, -0.05) is 19.0 Å². The van der Waals surface area contributed by atoms with Crippen LogP contribution >= 0.6 is 0 Å². The molecule has 2 aromatic rings. The minimum absolute atomic E-state index is 0.00877. The number of aliphatic hydroxyl groups is 1. The minimum Gasteiger partial charge on any atom is -0.396 e. The number of hydrogen-bond donors (Lipinski definition) is 2. The van der Waals surface area contributed by atoms with E-state index in [1.807, 2.05) is 26.8 Å². The van der Waals surface area contributed by atoms with E-state index >= 15 is 0 Å². The van der Waals surface area contributed by atoms with E-state index in [-0.39, 0.29) is 24.5 Å². The van der Waals surface area contributed by atoms with Crippen LogP contribution in [-0.4, -0.2) is 33.8 Å². The fourth-order valence-corrected chi connectivity index (χ4v) is 2.36. The summed E-state index contributed by atoms with van der Waals surface area (Å²) in [7, 11) is 0. The van der Waals surface area contributed by atoms with Gasteiger partial charge in [-0.25, -0.2) is 4.98 Å². The van der Waals surface area contributed by atoms with Gasteiger partial charge in [0.15, 0.2) is 0 Å². The molecule has 2 N–H and O–H groups in total. The van der Waals surface area contributed by atoms with E-state index in [4.69, 9.17) is 9.63 Å². The molecule has 0 aliphatic carbocycles. The molecule has 0 fully saturated rings. The summed E-state index contributed by atoms with van der Waals surface area (Å²) in [5, 5.41) is 16.4. The van der Waals surface area contributed by atoms with Crippen molar-refractivity contribution in [3.8, 4) is 0 Å². The van der Waals surface area contributed by atoms with Crippen LogP contribution in [0.1, 0.15) is 61.3 Å². The van der Waals surface area contributed by atoms with E-state index < -0.39 is 0 Å². The van der Waals surface area contributed by atoms with Gasteiger partial charge in [0.2, 0.25) is 0 Å². The Kier molecular flexibility index (Phi) is 5.13. The molecule has 0 radical (unpaired) electrons. The molecular formula is C16H23N3O3. The maximum Gasteiger partial charge on any atom is 0.259 e. The lowest BCUT2D eigenvalue weighted by Crippen LogP contribution is -2.33.